The Morgan fingerprint density at radius 1 is 1.08 bits per heavy atom. The number of nitrogens with zero attached hydrogens (tertiary/aromatic N) is 3. The van der Waals surface area contributed by atoms with Crippen LogP contribution in [0.4, 0.5) is 0 Å². The number of carbonyl (C=O) groups is 1. The van der Waals surface area contributed by atoms with Crippen LogP contribution in [0.5, 0.6) is 0 Å². The first-order valence-corrected chi connectivity index (χ1v) is 8.73. The molecule has 0 spiro atoms. The molecule has 0 aliphatic rings. The maximum atomic E-state index is 12.4. The maximum absolute atomic E-state index is 12.4. The summed E-state index contributed by atoms with van der Waals surface area (Å²) in [5.74, 6) is 1.27. The van der Waals surface area contributed by atoms with Crippen molar-refractivity contribution < 1.29 is 4.79 Å². The SMILES string of the molecule is Cc1cccc(-c2nnc(SCC(=O)c3ccccc3C)n2C)c1. The van der Waals surface area contributed by atoms with Crippen molar-refractivity contribution in [1.82, 2.24) is 14.8 Å². The maximum Gasteiger partial charge on any atom is 0.191 e. The van der Waals surface area contributed by atoms with Gasteiger partial charge in [-0.15, -0.1) is 10.2 Å². The first-order valence-electron chi connectivity index (χ1n) is 7.74. The molecule has 0 amide bonds. The molecule has 0 aliphatic heterocycles. The molecule has 0 N–H and O–H groups in total. The molecular weight excluding hydrogens is 318 g/mol. The van der Waals surface area contributed by atoms with E-state index in [1.165, 1.54) is 17.3 Å². The molecule has 0 saturated heterocycles. The molecule has 5 heteroatoms. The number of rotatable bonds is 5. The lowest BCUT2D eigenvalue weighted by atomic mass is 10.1. The van der Waals surface area contributed by atoms with E-state index in [-0.39, 0.29) is 5.78 Å². The third kappa shape index (κ3) is 3.41. The van der Waals surface area contributed by atoms with E-state index in [0.717, 1.165) is 27.7 Å². The van der Waals surface area contributed by atoms with Gasteiger partial charge in [0.2, 0.25) is 0 Å². The van der Waals surface area contributed by atoms with Gasteiger partial charge in [-0.1, -0.05) is 59.8 Å². The molecule has 3 rings (SSSR count). The van der Waals surface area contributed by atoms with E-state index in [2.05, 4.69) is 29.3 Å². The highest BCUT2D eigenvalue weighted by molar-refractivity contribution is 7.99. The molecule has 0 atom stereocenters. The van der Waals surface area contributed by atoms with Crippen LogP contribution in [0, 0.1) is 13.8 Å². The largest absolute Gasteiger partial charge is 0.305 e. The van der Waals surface area contributed by atoms with Gasteiger partial charge in [0.25, 0.3) is 0 Å². The van der Waals surface area contributed by atoms with Crippen LogP contribution < -0.4 is 0 Å². The Hall–Kier alpha value is -2.40. The van der Waals surface area contributed by atoms with Gasteiger partial charge in [0.1, 0.15) is 0 Å². The third-order valence-electron chi connectivity index (χ3n) is 3.89. The van der Waals surface area contributed by atoms with E-state index in [1.54, 1.807) is 0 Å². The lowest BCUT2D eigenvalue weighted by molar-refractivity contribution is 0.102. The minimum absolute atomic E-state index is 0.109. The van der Waals surface area contributed by atoms with Crippen LogP contribution in [-0.2, 0) is 7.05 Å². The molecule has 0 saturated carbocycles. The van der Waals surface area contributed by atoms with Gasteiger partial charge in [-0.05, 0) is 25.5 Å². The molecule has 1 aromatic heterocycles. The van der Waals surface area contributed by atoms with E-state index in [1.807, 2.05) is 54.9 Å². The Morgan fingerprint density at radius 2 is 1.88 bits per heavy atom. The molecule has 0 fully saturated rings. The summed E-state index contributed by atoms with van der Waals surface area (Å²) in [4.78, 5) is 12.4. The highest BCUT2D eigenvalue weighted by Gasteiger charge is 2.14. The second-order valence-corrected chi connectivity index (χ2v) is 6.70. The highest BCUT2D eigenvalue weighted by Crippen LogP contribution is 2.24. The van der Waals surface area contributed by atoms with Crippen molar-refractivity contribution in [2.45, 2.75) is 19.0 Å². The van der Waals surface area contributed by atoms with Crippen molar-refractivity contribution >= 4 is 17.5 Å². The van der Waals surface area contributed by atoms with Gasteiger partial charge in [0, 0.05) is 18.2 Å². The first-order chi connectivity index (χ1) is 11.6. The van der Waals surface area contributed by atoms with E-state index in [4.69, 9.17) is 0 Å². The average Bonchev–Trinajstić information content (AvgIpc) is 2.94. The molecule has 1 heterocycles. The fourth-order valence-electron chi connectivity index (χ4n) is 2.57. The summed E-state index contributed by atoms with van der Waals surface area (Å²) < 4.78 is 1.94. The van der Waals surface area contributed by atoms with Gasteiger partial charge in [-0.3, -0.25) is 4.79 Å². The number of aryl methyl sites for hydroxylation is 2. The van der Waals surface area contributed by atoms with Crippen LogP contribution in [0.1, 0.15) is 21.5 Å². The minimum Gasteiger partial charge on any atom is -0.305 e. The fraction of sp³-hybridized carbons (Fsp3) is 0.211. The Balaban J connectivity index is 1.75. The summed E-state index contributed by atoms with van der Waals surface area (Å²) in [6.07, 6.45) is 0. The first kappa shape index (κ1) is 16.5. The molecular formula is C19H19N3OS. The topological polar surface area (TPSA) is 47.8 Å². The summed E-state index contributed by atoms with van der Waals surface area (Å²) >= 11 is 1.42. The number of thioether (sulfide) groups is 1. The Bertz CT molecular complexity index is 886. The zero-order valence-corrected chi connectivity index (χ0v) is 14.8. The summed E-state index contributed by atoms with van der Waals surface area (Å²) in [6, 6.07) is 15.8. The number of hydrogen-bond acceptors (Lipinski definition) is 4. The average molecular weight is 337 g/mol. The summed E-state index contributed by atoms with van der Waals surface area (Å²) in [7, 11) is 1.93. The van der Waals surface area contributed by atoms with Gasteiger partial charge in [0.15, 0.2) is 16.8 Å². The third-order valence-corrected chi connectivity index (χ3v) is 4.91. The molecule has 4 nitrogen and oxygen atoms in total. The predicted octanol–water partition coefficient (Wildman–Crippen LogP) is 4.07. The van der Waals surface area contributed by atoms with Crippen LogP contribution in [0.3, 0.4) is 0 Å². The smallest absolute Gasteiger partial charge is 0.191 e. The van der Waals surface area contributed by atoms with Gasteiger partial charge < -0.3 is 4.57 Å². The van der Waals surface area contributed by atoms with Gasteiger partial charge >= 0.3 is 0 Å². The summed E-state index contributed by atoms with van der Waals surface area (Å²) in [5, 5.41) is 9.25. The van der Waals surface area contributed by atoms with Gasteiger partial charge in [0.05, 0.1) is 5.75 Å². The van der Waals surface area contributed by atoms with Crippen molar-refractivity contribution in [2.24, 2.45) is 7.05 Å². The number of benzene rings is 2. The molecule has 0 unspecified atom stereocenters. The second-order valence-electron chi connectivity index (χ2n) is 5.76. The lowest BCUT2D eigenvalue weighted by Gasteiger charge is -2.06. The van der Waals surface area contributed by atoms with E-state index >= 15 is 0 Å². The summed E-state index contributed by atoms with van der Waals surface area (Å²) in [5.41, 5.74) is 3.98. The van der Waals surface area contributed by atoms with E-state index in [0.29, 0.717) is 5.75 Å². The monoisotopic (exact) mass is 337 g/mol. The number of Topliss-reactive ketones (excluding diaryl/α,β-unsaturated/α-hetero) is 1. The zero-order valence-electron chi connectivity index (χ0n) is 14.0. The Kier molecular flexibility index (Phi) is 4.81. The second kappa shape index (κ2) is 7.01. The summed E-state index contributed by atoms with van der Waals surface area (Å²) in [6.45, 7) is 4.01. The predicted molar refractivity (Wildman–Crippen MR) is 97.4 cm³/mol. The standard InChI is InChI=1S/C19H19N3OS/c1-13-7-6-9-15(11-13)18-20-21-19(22(18)3)24-12-17(23)16-10-5-4-8-14(16)2/h4-11H,12H2,1-3H3. The lowest BCUT2D eigenvalue weighted by Crippen LogP contribution is -2.05. The Morgan fingerprint density at radius 3 is 2.62 bits per heavy atom. The molecule has 24 heavy (non-hydrogen) atoms. The van der Waals surface area contributed by atoms with Crippen molar-refractivity contribution in [1.29, 1.82) is 0 Å². The van der Waals surface area contributed by atoms with Crippen molar-refractivity contribution in [3.63, 3.8) is 0 Å². The number of ketones is 1. The minimum atomic E-state index is 0.109. The number of hydrogen-bond donors (Lipinski definition) is 0. The number of carbonyl (C=O) groups excluding carboxylic acids is 1. The van der Waals surface area contributed by atoms with Gasteiger partial charge in [-0.2, -0.15) is 0 Å². The van der Waals surface area contributed by atoms with Crippen LogP contribution in [-0.4, -0.2) is 26.3 Å². The van der Waals surface area contributed by atoms with Gasteiger partial charge in [-0.25, -0.2) is 0 Å². The quantitative estimate of drug-likeness (QED) is 0.520. The van der Waals surface area contributed by atoms with Crippen molar-refractivity contribution in [3.05, 3.63) is 65.2 Å². The number of aromatic nitrogens is 3. The molecule has 0 radical (unpaired) electrons. The van der Waals surface area contributed by atoms with Crippen molar-refractivity contribution in [2.75, 3.05) is 5.75 Å². The van der Waals surface area contributed by atoms with Crippen LogP contribution in [0.2, 0.25) is 0 Å². The van der Waals surface area contributed by atoms with Crippen LogP contribution in [0.15, 0.2) is 53.7 Å². The normalized spacial score (nSPS) is 10.8. The Labute approximate surface area is 145 Å². The molecule has 2 aromatic carbocycles. The fourth-order valence-corrected chi connectivity index (χ4v) is 3.36. The van der Waals surface area contributed by atoms with E-state index in [9.17, 15) is 4.79 Å². The van der Waals surface area contributed by atoms with Crippen LogP contribution >= 0.6 is 11.8 Å². The molecule has 3 aromatic rings. The zero-order chi connectivity index (χ0) is 17.1. The van der Waals surface area contributed by atoms with Crippen LogP contribution in [0.25, 0.3) is 11.4 Å². The van der Waals surface area contributed by atoms with E-state index < -0.39 is 0 Å². The van der Waals surface area contributed by atoms with Crippen molar-refractivity contribution in [3.8, 4) is 11.4 Å². The highest BCUT2D eigenvalue weighted by atomic mass is 32.2. The molecule has 122 valence electrons. The molecule has 0 aliphatic carbocycles. The molecule has 0 bridgehead atoms.